The molecule has 19 heavy (non-hydrogen) atoms. The van der Waals surface area contributed by atoms with Crippen LogP contribution < -0.4 is 16.4 Å². The summed E-state index contributed by atoms with van der Waals surface area (Å²) >= 11 is 0. The van der Waals surface area contributed by atoms with E-state index in [9.17, 15) is 9.59 Å². The predicted octanol–water partition coefficient (Wildman–Crippen LogP) is 1.07. The SMILES string of the molecule is Cl.NC(=O)CCNC(=O)c1cccc2c1CCCN2. The number of rotatable bonds is 4. The van der Waals surface area contributed by atoms with E-state index in [1.54, 1.807) is 0 Å². The van der Waals surface area contributed by atoms with E-state index in [2.05, 4.69) is 10.6 Å². The second-order valence-corrected chi connectivity index (χ2v) is 4.33. The van der Waals surface area contributed by atoms with Gasteiger partial charge in [-0.05, 0) is 30.5 Å². The van der Waals surface area contributed by atoms with E-state index in [-0.39, 0.29) is 31.3 Å². The molecule has 6 heteroatoms. The first kappa shape index (κ1) is 15.3. The number of nitrogens with one attached hydrogen (secondary N) is 2. The summed E-state index contributed by atoms with van der Waals surface area (Å²) in [4.78, 5) is 22.6. The van der Waals surface area contributed by atoms with Gasteiger partial charge in [0.1, 0.15) is 0 Å². The fourth-order valence-corrected chi connectivity index (χ4v) is 2.12. The Morgan fingerprint density at radius 1 is 1.37 bits per heavy atom. The van der Waals surface area contributed by atoms with Crippen molar-refractivity contribution in [2.24, 2.45) is 5.73 Å². The molecule has 104 valence electrons. The minimum Gasteiger partial charge on any atom is -0.385 e. The fraction of sp³-hybridized carbons (Fsp3) is 0.385. The Bertz CT molecular complexity index is 477. The Morgan fingerprint density at radius 3 is 2.89 bits per heavy atom. The third-order valence-electron chi connectivity index (χ3n) is 3.00. The molecule has 0 saturated heterocycles. The van der Waals surface area contributed by atoms with Crippen molar-refractivity contribution < 1.29 is 9.59 Å². The maximum atomic E-state index is 12.0. The van der Waals surface area contributed by atoms with Crippen LogP contribution in [0.5, 0.6) is 0 Å². The van der Waals surface area contributed by atoms with Crippen LogP contribution in [0.4, 0.5) is 5.69 Å². The van der Waals surface area contributed by atoms with Crippen LogP contribution in [0.1, 0.15) is 28.8 Å². The van der Waals surface area contributed by atoms with Gasteiger partial charge in [-0.2, -0.15) is 0 Å². The number of carbonyl (C=O) groups is 2. The molecule has 0 saturated carbocycles. The number of fused-ring (bicyclic) bond motifs is 1. The maximum Gasteiger partial charge on any atom is 0.251 e. The molecule has 0 radical (unpaired) electrons. The molecule has 0 atom stereocenters. The highest BCUT2D eigenvalue weighted by molar-refractivity contribution is 5.97. The van der Waals surface area contributed by atoms with Crippen LogP contribution in [0.25, 0.3) is 0 Å². The number of hydrogen-bond acceptors (Lipinski definition) is 3. The largest absolute Gasteiger partial charge is 0.385 e. The van der Waals surface area contributed by atoms with E-state index < -0.39 is 5.91 Å². The van der Waals surface area contributed by atoms with E-state index in [0.717, 1.165) is 30.6 Å². The molecule has 0 unspecified atom stereocenters. The molecule has 1 aliphatic rings. The van der Waals surface area contributed by atoms with Crippen molar-refractivity contribution in [3.8, 4) is 0 Å². The molecule has 0 fully saturated rings. The van der Waals surface area contributed by atoms with Crippen LogP contribution in [-0.4, -0.2) is 24.9 Å². The van der Waals surface area contributed by atoms with Crippen molar-refractivity contribution in [1.82, 2.24) is 5.32 Å². The summed E-state index contributed by atoms with van der Waals surface area (Å²) in [5.74, 6) is -0.552. The van der Waals surface area contributed by atoms with Gasteiger partial charge < -0.3 is 16.4 Å². The van der Waals surface area contributed by atoms with Gasteiger partial charge in [-0.1, -0.05) is 6.07 Å². The third-order valence-corrected chi connectivity index (χ3v) is 3.00. The minimum atomic E-state index is -0.410. The smallest absolute Gasteiger partial charge is 0.251 e. The number of primary amides is 1. The summed E-state index contributed by atoms with van der Waals surface area (Å²) in [5.41, 5.74) is 7.80. The molecule has 2 rings (SSSR count). The summed E-state index contributed by atoms with van der Waals surface area (Å²) < 4.78 is 0. The van der Waals surface area contributed by atoms with Gasteiger partial charge >= 0.3 is 0 Å². The third kappa shape index (κ3) is 3.86. The van der Waals surface area contributed by atoms with Crippen LogP contribution in [0.3, 0.4) is 0 Å². The van der Waals surface area contributed by atoms with Crippen molar-refractivity contribution in [2.45, 2.75) is 19.3 Å². The van der Waals surface area contributed by atoms with Gasteiger partial charge in [0.05, 0.1) is 0 Å². The molecule has 1 aromatic rings. The van der Waals surface area contributed by atoms with Crippen molar-refractivity contribution in [3.63, 3.8) is 0 Å². The molecule has 0 aliphatic carbocycles. The van der Waals surface area contributed by atoms with Gasteiger partial charge in [0.15, 0.2) is 0 Å². The Kier molecular flexibility index (Phi) is 5.63. The van der Waals surface area contributed by atoms with Gasteiger partial charge in [-0.25, -0.2) is 0 Å². The fourth-order valence-electron chi connectivity index (χ4n) is 2.12. The number of halogens is 1. The first-order chi connectivity index (χ1) is 8.68. The number of benzene rings is 1. The van der Waals surface area contributed by atoms with E-state index >= 15 is 0 Å². The summed E-state index contributed by atoms with van der Waals surface area (Å²) in [6, 6.07) is 5.65. The molecule has 0 aromatic heterocycles. The predicted molar refractivity (Wildman–Crippen MR) is 76.6 cm³/mol. The Morgan fingerprint density at radius 2 is 2.16 bits per heavy atom. The zero-order chi connectivity index (χ0) is 13.0. The monoisotopic (exact) mass is 283 g/mol. The number of anilines is 1. The lowest BCUT2D eigenvalue weighted by atomic mass is 9.97. The first-order valence-electron chi connectivity index (χ1n) is 6.11. The van der Waals surface area contributed by atoms with Crippen molar-refractivity contribution in [2.75, 3.05) is 18.4 Å². The first-order valence-corrected chi connectivity index (χ1v) is 6.11. The second-order valence-electron chi connectivity index (χ2n) is 4.33. The topological polar surface area (TPSA) is 84.2 Å². The maximum absolute atomic E-state index is 12.0. The molecule has 1 heterocycles. The zero-order valence-electron chi connectivity index (χ0n) is 10.6. The highest BCUT2D eigenvalue weighted by Gasteiger charge is 2.16. The Balaban J connectivity index is 0.00000180. The number of hydrogen-bond donors (Lipinski definition) is 3. The quantitative estimate of drug-likeness (QED) is 0.773. The number of amides is 2. The van der Waals surface area contributed by atoms with Crippen LogP contribution in [0, 0.1) is 0 Å². The zero-order valence-corrected chi connectivity index (χ0v) is 11.4. The van der Waals surface area contributed by atoms with Gasteiger partial charge in [0.25, 0.3) is 5.91 Å². The molecule has 5 nitrogen and oxygen atoms in total. The summed E-state index contributed by atoms with van der Waals surface area (Å²) in [6.07, 6.45) is 2.10. The highest BCUT2D eigenvalue weighted by Crippen LogP contribution is 2.25. The lowest BCUT2D eigenvalue weighted by Crippen LogP contribution is -2.29. The molecule has 0 spiro atoms. The van der Waals surface area contributed by atoms with E-state index in [4.69, 9.17) is 5.73 Å². The summed E-state index contributed by atoms with van der Waals surface area (Å²) in [7, 11) is 0. The average molecular weight is 284 g/mol. The van der Waals surface area contributed by atoms with Crippen LogP contribution in [0.2, 0.25) is 0 Å². The van der Waals surface area contributed by atoms with Crippen molar-refractivity contribution in [3.05, 3.63) is 29.3 Å². The Hall–Kier alpha value is -1.75. The van der Waals surface area contributed by atoms with Crippen LogP contribution >= 0.6 is 12.4 Å². The standard InChI is InChI=1S/C13H17N3O2.ClH/c14-12(17)6-8-16-13(18)10-3-1-5-11-9(10)4-2-7-15-11;/h1,3,5,15H,2,4,6-8H2,(H2,14,17)(H,16,18);1H. The molecule has 2 amide bonds. The molecular weight excluding hydrogens is 266 g/mol. The highest BCUT2D eigenvalue weighted by atomic mass is 35.5. The van der Waals surface area contributed by atoms with Gasteiger partial charge in [0, 0.05) is 30.8 Å². The van der Waals surface area contributed by atoms with E-state index in [1.165, 1.54) is 0 Å². The molecule has 0 bridgehead atoms. The number of nitrogens with two attached hydrogens (primary N) is 1. The van der Waals surface area contributed by atoms with Crippen molar-refractivity contribution >= 4 is 29.9 Å². The lowest BCUT2D eigenvalue weighted by molar-refractivity contribution is -0.117. The van der Waals surface area contributed by atoms with Crippen LogP contribution in [0.15, 0.2) is 18.2 Å². The number of carbonyl (C=O) groups excluding carboxylic acids is 2. The summed E-state index contributed by atoms with van der Waals surface area (Å²) in [5, 5.41) is 5.99. The van der Waals surface area contributed by atoms with Crippen molar-refractivity contribution in [1.29, 1.82) is 0 Å². The second kappa shape index (κ2) is 6.99. The molecule has 1 aliphatic heterocycles. The van der Waals surface area contributed by atoms with E-state index in [0.29, 0.717) is 5.56 Å². The van der Waals surface area contributed by atoms with Gasteiger partial charge in [0.2, 0.25) is 5.91 Å². The van der Waals surface area contributed by atoms with Gasteiger partial charge in [-0.15, -0.1) is 12.4 Å². The van der Waals surface area contributed by atoms with Crippen LogP contribution in [-0.2, 0) is 11.2 Å². The average Bonchev–Trinajstić information content (AvgIpc) is 2.37. The van der Waals surface area contributed by atoms with E-state index in [1.807, 2.05) is 18.2 Å². The van der Waals surface area contributed by atoms with Gasteiger partial charge in [-0.3, -0.25) is 9.59 Å². The lowest BCUT2D eigenvalue weighted by Gasteiger charge is -2.20. The molecule has 4 N–H and O–H groups in total. The molecular formula is C13H18ClN3O2. The normalized spacial score (nSPS) is 12.6. The minimum absolute atomic E-state index is 0. The summed E-state index contributed by atoms with van der Waals surface area (Å²) in [6.45, 7) is 1.23. The Labute approximate surface area is 118 Å². The molecule has 1 aromatic carbocycles.